The maximum absolute atomic E-state index is 13.7. The second kappa shape index (κ2) is 12.7. The number of benzene rings is 2. The van der Waals surface area contributed by atoms with Crippen molar-refractivity contribution in [2.75, 3.05) is 0 Å². The number of aromatic nitrogens is 3. The van der Waals surface area contributed by atoms with Crippen molar-refractivity contribution >= 4 is 33.8 Å². The number of halogens is 4. The SMILES string of the molecule is CC1([C@H](NC(=O)C2CCC(F)(F)CC2)c2cc3ccc(C#Cc4ccc5nc([C@@H](NC(=O)C6CCC(F)(F)CC6)C6(C)CC6)[nH]c5c4)cc3[nH]2)CC1. The lowest BCUT2D eigenvalue weighted by atomic mass is 9.85. The van der Waals surface area contributed by atoms with Crippen LogP contribution in [0.5, 0.6) is 0 Å². The Morgan fingerprint density at radius 3 is 1.75 bits per heavy atom. The van der Waals surface area contributed by atoms with Crippen LogP contribution in [-0.2, 0) is 9.59 Å². The number of alkyl halides is 4. The molecule has 2 aromatic heterocycles. The van der Waals surface area contributed by atoms with Crippen LogP contribution in [0.1, 0.15) is 126 Å². The Labute approximate surface area is 300 Å². The van der Waals surface area contributed by atoms with Gasteiger partial charge in [0.1, 0.15) is 5.82 Å². The molecule has 7 nitrogen and oxygen atoms in total. The Bertz CT molecular complexity index is 1930. The second-order valence-corrected chi connectivity index (χ2v) is 16.6. The van der Waals surface area contributed by atoms with E-state index in [1.54, 1.807) is 0 Å². The lowest BCUT2D eigenvalue weighted by Gasteiger charge is -2.30. The molecule has 2 atom stereocenters. The summed E-state index contributed by atoms with van der Waals surface area (Å²) in [6.07, 6.45) is 3.65. The van der Waals surface area contributed by atoms with Gasteiger partial charge in [-0.2, -0.15) is 0 Å². The van der Waals surface area contributed by atoms with Crippen molar-refractivity contribution in [3.8, 4) is 11.8 Å². The van der Waals surface area contributed by atoms with Crippen LogP contribution in [0.4, 0.5) is 17.6 Å². The molecule has 4 saturated carbocycles. The predicted molar refractivity (Wildman–Crippen MR) is 191 cm³/mol. The Morgan fingerprint density at radius 2 is 1.19 bits per heavy atom. The maximum atomic E-state index is 13.7. The summed E-state index contributed by atoms with van der Waals surface area (Å²) in [6.45, 7) is 4.27. The number of carbonyl (C=O) groups excluding carboxylic acids is 2. The number of amides is 2. The number of nitrogens with one attached hydrogen (secondary N) is 4. The molecular weight excluding hydrogens is 670 g/mol. The minimum absolute atomic E-state index is 0.0826. The average Bonchev–Trinajstić information content (AvgIpc) is 3.93. The first-order valence-electron chi connectivity index (χ1n) is 18.7. The molecule has 4 fully saturated rings. The first kappa shape index (κ1) is 34.7. The summed E-state index contributed by atoms with van der Waals surface area (Å²) in [5.41, 5.74) is 4.76. The molecule has 0 unspecified atom stereocenters. The molecule has 4 aromatic rings. The van der Waals surface area contributed by atoms with E-state index in [-0.39, 0.29) is 92.0 Å². The minimum atomic E-state index is -2.68. The van der Waals surface area contributed by atoms with Gasteiger partial charge in [-0.1, -0.05) is 31.8 Å². The van der Waals surface area contributed by atoms with Gasteiger partial charge in [0.05, 0.1) is 23.1 Å². The minimum Gasteiger partial charge on any atom is -0.357 e. The van der Waals surface area contributed by atoms with Crippen molar-refractivity contribution in [2.45, 2.75) is 115 Å². The Kier molecular flexibility index (Phi) is 8.46. The molecule has 0 aliphatic heterocycles. The molecule has 2 heterocycles. The third-order valence-corrected chi connectivity index (χ3v) is 12.3. The molecular formula is C41H45F4N5O2. The van der Waals surface area contributed by atoms with E-state index in [4.69, 9.17) is 4.98 Å². The van der Waals surface area contributed by atoms with E-state index in [9.17, 15) is 27.2 Å². The molecule has 274 valence electrons. The molecule has 11 heteroatoms. The van der Waals surface area contributed by atoms with E-state index in [2.05, 4.69) is 52.4 Å². The fraction of sp³-hybridized carbons (Fsp3) is 0.537. The quantitative estimate of drug-likeness (QED) is 0.108. The van der Waals surface area contributed by atoms with Gasteiger partial charge in [-0.15, -0.1) is 0 Å². The largest absolute Gasteiger partial charge is 0.357 e. The molecule has 4 aliphatic rings. The number of nitrogens with zero attached hydrogens (tertiary/aromatic N) is 1. The van der Waals surface area contributed by atoms with Crippen LogP contribution in [0.3, 0.4) is 0 Å². The van der Waals surface area contributed by atoms with Gasteiger partial charge in [-0.3, -0.25) is 9.59 Å². The summed E-state index contributed by atoms with van der Waals surface area (Å²) in [7, 11) is 0. The molecule has 0 spiro atoms. The number of fused-ring (bicyclic) bond motifs is 2. The fourth-order valence-electron chi connectivity index (χ4n) is 8.07. The standard InChI is InChI=1S/C41H45F4N5O2/c1-38(17-18-38)33(49-36(51)26-9-13-40(42,43)14-10-26)32-23-28-7-5-24(21-30(28)46-32)3-4-25-6-8-29-31(22-25)48-35(47-29)34(39(2)19-20-39)50-37(52)27-11-15-41(44,45)16-12-27/h5-8,21-23,26-27,33-34,46H,9-20H2,1-2H3,(H,47,48)(H,49,51)(H,50,52)/t33-,34-/m1/s1. The van der Waals surface area contributed by atoms with Crippen molar-refractivity contribution in [3.63, 3.8) is 0 Å². The number of hydrogen-bond donors (Lipinski definition) is 4. The topological polar surface area (TPSA) is 103 Å². The van der Waals surface area contributed by atoms with Gasteiger partial charge >= 0.3 is 0 Å². The van der Waals surface area contributed by atoms with Crippen molar-refractivity contribution in [3.05, 3.63) is 65.1 Å². The summed E-state index contributed by atoms with van der Waals surface area (Å²) in [5.74, 6) is 0.711. The number of aromatic amines is 2. The summed E-state index contributed by atoms with van der Waals surface area (Å²) >= 11 is 0. The van der Waals surface area contributed by atoms with Gasteiger partial charge in [-0.05, 0) is 104 Å². The van der Waals surface area contributed by atoms with Gasteiger partial charge < -0.3 is 20.6 Å². The Morgan fingerprint density at radius 1 is 0.692 bits per heavy atom. The van der Waals surface area contributed by atoms with Crippen LogP contribution in [-0.4, -0.2) is 38.6 Å². The number of H-pyrrole nitrogens is 2. The third kappa shape index (κ3) is 7.18. The van der Waals surface area contributed by atoms with Crippen LogP contribution in [0.2, 0.25) is 0 Å². The van der Waals surface area contributed by atoms with E-state index in [1.165, 1.54) is 0 Å². The molecule has 2 amide bonds. The highest BCUT2D eigenvalue weighted by Crippen LogP contribution is 2.55. The molecule has 4 N–H and O–H groups in total. The lowest BCUT2D eigenvalue weighted by molar-refractivity contribution is -0.131. The van der Waals surface area contributed by atoms with Gasteiger partial charge in [0.25, 0.3) is 0 Å². The monoisotopic (exact) mass is 715 g/mol. The number of hydrogen-bond acceptors (Lipinski definition) is 3. The first-order valence-corrected chi connectivity index (χ1v) is 18.7. The summed E-state index contributed by atoms with van der Waals surface area (Å²) in [5, 5.41) is 7.38. The summed E-state index contributed by atoms with van der Waals surface area (Å²) < 4.78 is 54.9. The molecule has 0 saturated heterocycles. The van der Waals surface area contributed by atoms with Crippen LogP contribution < -0.4 is 10.6 Å². The van der Waals surface area contributed by atoms with E-state index < -0.39 is 17.8 Å². The highest BCUT2D eigenvalue weighted by Gasteiger charge is 2.49. The Balaban J connectivity index is 0.974. The number of imidazole rings is 1. The van der Waals surface area contributed by atoms with E-state index in [0.29, 0.717) is 5.82 Å². The molecule has 0 bridgehead atoms. The van der Waals surface area contributed by atoms with Crippen LogP contribution in [0, 0.1) is 34.5 Å². The molecule has 0 radical (unpaired) electrons. The third-order valence-electron chi connectivity index (χ3n) is 12.3. The zero-order chi connectivity index (χ0) is 36.5. The van der Waals surface area contributed by atoms with Crippen LogP contribution >= 0.6 is 0 Å². The smallest absolute Gasteiger partial charge is 0.248 e. The normalized spacial score (nSPS) is 23.0. The van der Waals surface area contributed by atoms with Gasteiger partial charge in [0.15, 0.2) is 0 Å². The van der Waals surface area contributed by atoms with Crippen molar-refractivity contribution in [1.82, 2.24) is 25.6 Å². The van der Waals surface area contributed by atoms with Gasteiger partial charge in [0.2, 0.25) is 23.7 Å². The molecule has 8 rings (SSSR count). The number of rotatable bonds is 8. The zero-order valence-electron chi connectivity index (χ0n) is 29.6. The van der Waals surface area contributed by atoms with Crippen molar-refractivity contribution in [2.24, 2.45) is 22.7 Å². The van der Waals surface area contributed by atoms with E-state index in [1.807, 2.05) is 36.4 Å². The zero-order valence-corrected chi connectivity index (χ0v) is 29.6. The second-order valence-electron chi connectivity index (χ2n) is 16.6. The molecule has 4 aliphatic carbocycles. The van der Waals surface area contributed by atoms with Gasteiger partial charge in [-0.25, -0.2) is 22.5 Å². The van der Waals surface area contributed by atoms with Gasteiger partial charge in [0, 0.05) is 59.9 Å². The van der Waals surface area contributed by atoms with Crippen molar-refractivity contribution < 1.29 is 27.2 Å². The highest BCUT2D eigenvalue weighted by molar-refractivity contribution is 5.84. The molecule has 2 aromatic carbocycles. The summed E-state index contributed by atoms with van der Waals surface area (Å²) in [4.78, 5) is 38.1. The van der Waals surface area contributed by atoms with Crippen LogP contribution in [0.25, 0.3) is 21.9 Å². The van der Waals surface area contributed by atoms with Crippen molar-refractivity contribution in [1.29, 1.82) is 0 Å². The number of carbonyl (C=O) groups is 2. The lowest BCUT2D eigenvalue weighted by Crippen LogP contribution is -2.40. The van der Waals surface area contributed by atoms with E-state index >= 15 is 0 Å². The average molecular weight is 716 g/mol. The highest BCUT2D eigenvalue weighted by atomic mass is 19.3. The van der Waals surface area contributed by atoms with Crippen LogP contribution in [0.15, 0.2) is 42.5 Å². The fourth-order valence-corrected chi connectivity index (χ4v) is 8.07. The predicted octanol–water partition coefficient (Wildman–Crippen LogP) is 9.01. The maximum Gasteiger partial charge on any atom is 0.248 e. The summed E-state index contributed by atoms with van der Waals surface area (Å²) in [6, 6.07) is 13.2. The Hall–Kier alpha value is -4.33. The van der Waals surface area contributed by atoms with E-state index in [0.717, 1.165) is 64.4 Å². The molecule has 52 heavy (non-hydrogen) atoms. The first-order chi connectivity index (χ1) is 24.7.